The first-order valence-corrected chi connectivity index (χ1v) is 16.8. The fourth-order valence-corrected chi connectivity index (χ4v) is 5.88. The molecule has 0 saturated carbocycles. The number of aryl methyl sites for hydroxylation is 1. The van der Waals surface area contributed by atoms with Crippen LogP contribution in [-0.4, -0.2) is 54.0 Å². The highest BCUT2D eigenvalue weighted by Gasteiger charge is 2.28. The summed E-state index contributed by atoms with van der Waals surface area (Å²) in [4.78, 5) is 63.0. The Labute approximate surface area is 286 Å². The number of nitrogens with zero attached hydrogens (tertiary/aromatic N) is 2. The van der Waals surface area contributed by atoms with Gasteiger partial charge in [0.15, 0.2) is 0 Å². The molecule has 3 N–H and O–H groups in total. The van der Waals surface area contributed by atoms with Crippen LogP contribution < -0.4 is 26.6 Å². The molecule has 0 unspecified atom stereocenters. The van der Waals surface area contributed by atoms with Gasteiger partial charge in [-0.15, -0.1) is 0 Å². The molecule has 2 amide bonds. The number of anilines is 1. The van der Waals surface area contributed by atoms with E-state index in [1.54, 1.807) is 27.7 Å². The molecule has 0 aliphatic heterocycles. The second-order valence-electron chi connectivity index (χ2n) is 11.5. The van der Waals surface area contributed by atoms with E-state index in [1.165, 1.54) is 54.1 Å². The van der Waals surface area contributed by atoms with Gasteiger partial charge >= 0.3 is 11.7 Å². The lowest BCUT2D eigenvalue weighted by Gasteiger charge is -2.20. The maximum Gasteiger partial charge on any atom is 0.335 e. The number of nitrogens with one attached hydrogen (secondary N) is 3. The Balaban J connectivity index is 1.55. The molecule has 4 aromatic rings. The number of carbonyl (C=O) groups is 3. The first kappa shape index (κ1) is 37.2. The summed E-state index contributed by atoms with van der Waals surface area (Å²) in [6, 6.07) is 11.9. The molecular weight excluding hydrogens is 676 g/mol. The summed E-state index contributed by atoms with van der Waals surface area (Å²) in [5.74, 6) is -5.46. The minimum Gasteiger partial charge on any atom is -0.461 e. The number of esters is 1. The van der Waals surface area contributed by atoms with Crippen LogP contribution in [-0.2, 0) is 33.0 Å². The molecule has 0 fully saturated rings. The van der Waals surface area contributed by atoms with Gasteiger partial charge in [-0.25, -0.2) is 31.4 Å². The van der Waals surface area contributed by atoms with Crippen molar-refractivity contribution in [3.63, 3.8) is 0 Å². The van der Waals surface area contributed by atoms with Gasteiger partial charge in [-0.05, 0) is 81.8 Å². The van der Waals surface area contributed by atoms with Crippen LogP contribution in [0.25, 0.3) is 5.69 Å². The van der Waals surface area contributed by atoms with Crippen LogP contribution in [0.3, 0.4) is 0 Å². The van der Waals surface area contributed by atoms with Crippen LogP contribution in [0.1, 0.15) is 52.7 Å². The van der Waals surface area contributed by atoms with Gasteiger partial charge in [-0.2, -0.15) is 0 Å². The van der Waals surface area contributed by atoms with Crippen LogP contribution in [0.2, 0.25) is 0 Å². The van der Waals surface area contributed by atoms with Crippen molar-refractivity contribution in [2.24, 2.45) is 7.05 Å². The summed E-state index contributed by atoms with van der Waals surface area (Å²) in [6.45, 7) is 6.85. The fourth-order valence-electron chi connectivity index (χ4n) is 4.84. The van der Waals surface area contributed by atoms with Crippen molar-refractivity contribution in [2.75, 3.05) is 11.3 Å². The molecule has 16 heteroatoms. The van der Waals surface area contributed by atoms with E-state index in [-0.39, 0.29) is 22.6 Å². The largest absolute Gasteiger partial charge is 0.461 e. The van der Waals surface area contributed by atoms with Crippen molar-refractivity contribution < 1.29 is 36.3 Å². The number of carbonyl (C=O) groups excluding carboxylic acids is 3. The van der Waals surface area contributed by atoms with Crippen LogP contribution in [0.5, 0.6) is 0 Å². The first-order chi connectivity index (χ1) is 23.5. The Morgan fingerprint density at radius 3 is 2.06 bits per heavy atom. The number of sulfonamides is 1. The van der Waals surface area contributed by atoms with Crippen molar-refractivity contribution >= 4 is 33.5 Å². The average molecular weight is 712 g/mol. The zero-order valence-corrected chi connectivity index (χ0v) is 28.6. The zero-order chi connectivity index (χ0) is 36.9. The Hall–Kier alpha value is -5.64. The van der Waals surface area contributed by atoms with Gasteiger partial charge < -0.3 is 19.9 Å². The predicted molar refractivity (Wildman–Crippen MR) is 180 cm³/mol. The van der Waals surface area contributed by atoms with Crippen LogP contribution in [0, 0.1) is 18.6 Å². The van der Waals surface area contributed by atoms with Crippen LogP contribution in [0.4, 0.5) is 14.5 Å². The second-order valence-corrected chi connectivity index (χ2v) is 13.2. The topological polar surface area (TPSA) is 175 Å². The van der Waals surface area contributed by atoms with Crippen LogP contribution in [0.15, 0.2) is 81.2 Å². The monoisotopic (exact) mass is 711 g/mol. The minimum atomic E-state index is -4.36. The highest BCUT2D eigenvalue weighted by molar-refractivity contribution is 7.92. The summed E-state index contributed by atoms with van der Waals surface area (Å²) in [6.07, 6.45) is -0.794. The van der Waals surface area contributed by atoms with E-state index in [2.05, 4.69) is 10.6 Å². The zero-order valence-electron chi connectivity index (χ0n) is 27.7. The molecule has 1 aromatic heterocycles. The number of aromatic nitrogens is 2. The second kappa shape index (κ2) is 15.3. The summed E-state index contributed by atoms with van der Waals surface area (Å²) in [5.41, 5.74) is -1.34. The Kier molecular flexibility index (Phi) is 11.4. The van der Waals surface area contributed by atoms with E-state index < -0.39 is 74.1 Å². The van der Waals surface area contributed by atoms with E-state index in [1.807, 2.05) is 4.72 Å². The van der Waals surface area contributed by atoms with Crippen molar-refractivity contribution in [1.82, 2.24) is 19.8 Å². The Morgan fingerprint density at radius 2 is 1.50 bits per heavy atom. The number of hydrogen-bond donors (Lipinski definition) is 3. The van der Waals surface area contributed by atoms with Gasteiger partial charge in [0, 0.05) is 37.3 Å². The van der Waals surface area contributed by atoms with Crippen molar-refractivity contribution in [2.45, 2.75) is 51.2 Å². The maximum atomic E-state index is 15.2. The number of amides is 2. The quantitative estimate of drug-likeness (QED) is 0.188. The maximum absolute atomic E-state index is 15.2. The summed E-state index contributed by atoms with van der Waals surface area (Å²) >= 11 is 0. The van der Waals surface area contributed by atoms with Gasteiger partial charge in [0.2, 0.25) is 0 Å². The number of ether oxygens (including phenoxy) is 1. The van der Waals surface area contributed by atoms with Gasteiger partial charge in [0.1, 0.15) is 23.2 Å². The summed E-state index contributed by atoms with van der Waals surface area (Å²) in [5, 5.41) is 4.86. The molecule has 50 heavy (non-hydrogen) atoms. The molecule has 13 nitrogen and oxygen atoms in total. The standard InChI is InChI=1S/C34H35F2N5O8S/c1-6-37-31(43)22-9-13-25(14-10-22)50(47,48)39-23-17-26(35)30(27(36)18-23)32(44)38-28(33(45)49-19(2)3)16-21-7-11-24(12-8-21)41-29(42)15-20(4)40(5)34(41)46/h7-15,17-19,28,39H,6,16H2,1-5H3,(H,37,43)(H,38,44)/t28-/m0/s1. The highest BCUT2D eigenvalue weighted by atomic mass is 32.2. The van der Waals surface area contributed by atoms with Gasteiger partial charge in [0.05, 0.1) is 22.4 Å². The molecule has 0 bridgehead atoms. The van der Waals surface area contributed by atoms with Gasteiger partial charge in [-0.3, -0.25) is 19.1 Å². The lowest BCUT2D eigenvalue weighted by molar-refractivity contribution is -0.149. The normalized spacial score (nSPS) is 11.9. The predicted octanol–water partition coefficient (Wildman–Crippen LogP) is 2.97. The molecule has 4 rings (SSSR count). The van der Waals surface area contributed by atoms with Crippen molar-refractivity contribution in [1.29, 1.82) is 0 Å². The van der Waals surface area contributed by atoms with Crippen molar-refractivity contribution in [3.8, 4) is 5.69 Å². The number of hydrogen-bond acceptors (Lipinski definition) is 8. The molecule has 0 aliphatic rings. The summed E-state index contributed by atoms with van der Waals surface area (Å²) in [7, 11) is -2.84. The molecule has 1 atom stereocenters. The Bertz CT molecular complexity index is 2140. The van der Waals surface area contributed by atoms with E-state index in [4.69, 9.17) is 4.74 Å². The first-order valence-electron chi connectivity index (χ1n) is 15.3. The van der Waals surface area contributed by atoms with E-state index in [0.717, 1.165) is 16.7 Å². The minimum absolute atomic E-state index is 0.196. The molecule has 0 aliphatic carbocycles. The van der Waals surface area contributed by atoms with Gasteiger partial charge in [-0.1, -0.05) is 12.1 Å². The average Bonchev–Trinajstić information content (AvgIpc) is 3.03. The molecule has 1 heterocycles. The third-order valence-corrected chi connectivity index (χ3v) is 8.82. The number of benzene rings is 3. The third kappa shape index (κ3) is 8.49. The van der Waals surface area contributed by atoms with E-state index in [9.17, 15) is 32.4 Å². The lowest BCUT2D eigenvalue weighted by Crippen LogP contribution is -2.44. The number of halogens is 2. The van der Waals surface area contributed by atoms with Crippen molar-refractivity contribution in [3.05, 3.63) is 122 Å². The molecule has 3 aromatic carbocycles. The van der Waals surface area contributed by atoms with Crippen LogP contribution >= 0.6 is 0 Å². The molecule has 0 spiro atoms. The highest BCUT2D eigenvalue weighted by Crippen LogP contribution is 2.23. The lowest BCUT2D eigenvalue weighted by atomic mass is 10.0. The molecule has 0 saturated heterocycles. The van der Waals surface area contributed by atoms with E-state index >= 15 is 8.78 Å². The summed E-state index contributed by atoms with van der Waals surface area (Å²) < 4.78 is 65.7. The van der Waals surface area contributed by atoms with E-state index in [0.29, 0.717) is 29.9 Å². The fraction of sp³-hybridized carbons (Fsp3) is 0.265. The Morgan fingerprint density at radius 1 is 0.900 bits per heavy atom. The SMILES string of the molecule is CCNC(=O)c1ccc(S(=O)(=O)Nc2cc(F)c(C(=O)N[C@@H](Cc3ccc(-n4c(=O)cc(C)n(C)c4=O)cc3)C(=O)OC(C)C)c(F)c2)cc1. The smallest absolute Gasteiger partial charge is 0.335 e. The van der Waals surface area contributed by atoms with Gasteiger partial charge in [0.25, 0.3) is 27.4 Å². The third-order valence-electron chi connectivity index (χ3n) is 7.42. The molecule has 0 radical (unpaired) electrons. The molecule has 264 valence electrons. The number of rotatable bonds is 12. The molecular formula is C34H35F2N5O8S.